The molecule has 2 saturated carbocycles. The van der Waals surface area contributed by atoms with Crippen LogP contribution >= 0.6 is 0 Å². The predicted molar refractivity (Wildman–Crippen MR) is 77.6 cm³/mol. The first-order valence-corrected chi connectivity index (χ1v) is 7.41. The van der Waals surface area contributed by atoms with Gasteiger partial charge in [0.05, 0.1) is 0 Å². The van der Waals surface area contributed by atoms with Gasteiger partial charge in [0, 0.05) is 12.1 Å². The van der Waals surface area contributed by atoms with E-state index in [1.165, 1.54) is 6.42 Å². The molecule has 2 aliphatic rings. The number of rotatable bonds is 5. The summed E-state index contributed by atoms with van der Waals surface area (Å²) in [6.45, 7) is 0.638. The number of amides is 1. The van der Waals surface area contributed by atoms with Gasteiger partial charge >= 0.3 is 0 Å². The number of carbonyl (C=O) groups excluding carboxylic acids is 1. The molecule has 0 aromatic rings. The molecule has 114 valence electrons. The molecule has 2 aliphatic carbocycles. The van der Waals surface area contributed by atoms with Crippen LogP contribution in [0.5, 0.6) is 0 Å². The van der Waals surface area contributed by atoms with E-state index in [1.807, 2.05) is 0 Å². The van der Waals surface area contributed by atoms with Crippen LogP contribution in [0.2, 0.25) is 0 Å². The molecule has 0 aromatic heterocycles. The van der Waals surface area contributed by atoms with Crippen molar-refractivity contribution in [2.24, 2.45) is 16.3 Å². The summed E-state index contributed by atoms with van der Waals surface area (Å²) in [5.41, 5.74) is 5.07. The van der Waals surface area contributed by atoms with Gasteiger partial charge in [0.25, 0.3) is 0 Å². The molecule has 0 aromatic carbocycles. The molecule has 4 N–H and O–H groups in total. The monoisotopic (exact) mass is 282 g/mol. The first-order chi connectivity index (χ1) is 9.47. The van der Waals surface area contributed by atoms with Crippen LogP contribution in [-0.2, 0) is 4.79 Å². The number of nitrogens with one attached hydrogen (secondary N) is 1. The molecule has 0 saturated heterocycles. The predicted octanol–water partition coefficient (Wildman–Crippen LogP) is 0.894. The van der Waals surface area contributed by atoms with Crippen molar-refractivity contribution in [3.8, 4) is 0 Å². The molecule has 0 bridgehead atoms. The third kappa shape index (κ3) is 2.37. The zero-order valence-electron chi connectivity index (χ0n) is 12.5. The molecule has 0 heterocycles. The Kier molecular flexibility index (Phi) is 4.22. The van der Waals surface area contributed by atoms with Gasteiger partial charge in [-0.15, -0.1) is 0 Å². The minimum absolute atomic E-state index is 0.0556. The quantitative estimate of drug-likeness (QED) is 0.302. The topological polar surface area (TPSA) is 91.0 Å². The lowest BCUT2D eigenvalue weighted by atomic mass is 9.75. The summed E-state index contributed by atoms with van der Waals surface area (Å²) in [7, 11) is 4.11. The number of likely N-dealkylation sites (N-methyl/N-ethyl adjacent to an activating group) is 1. The van der Waals surface area contributed by atoms with Gasteiger partial charge in [0.15, 0.2) is 5.84 Å². The molecular formula is C14H26N4O2. The van der Waals surface area contributed by atoms with Crippen LogP contribution in [0.4, 0.5) is 0 Å². The molecule has 6 nitrogen and oxygen atoms in total. The number of amidine groups is 1. The molecule has 6 heteroatoms. The van der Waals surface area contributed by atoms with Gasteiger partial charge < -0.3 is 21.2 Å². The Balaban J connectivity index is 2.03. The van der Waals surface area contributed by atoms with Gasteiger partial charge in [-0.2, -0.15) is 0 Å². The number of oxime groups is 1. The number of hydrogen-bond donors (Lipinski definition) is 3. The SMILES string of the molecule is CN(C)C1(CNC(=O)C2(C(N)=NO)CCCC2)CCC1. The van der Waals surface area contributed by atoms with Gasteiger partial charge in [0.1, 0.15) is 5.41 Å². The van der Waals surface area contributed by atoms with E-state index in [1.54, 1.807) is 0 Å². The molecule has 0 aliphatic heterocycles. The molecule has 1 amide bonds. The molecule has 2 fully saturated rings. The lowest BCUT2D eigenvalue weighted by molar-refractivity contribution is -0.128. The molecule has 0 radical (unpaired) electrons. The first-order valence-electron chi connectivity index (χ1n) is 7.41. The second-order valence-electron chi connectivity index (χ2n) is 6.43. The third-order valence-corrected chi connectivity index (χ3v) is 5.30. The van der Waals surface area contributed by atoms with Crippen LogP contribution in [0.3, 0.4) is 0 Å². The Bertz CT molecular complexity index is 396. The molecule has 2 rings (SSSR count). The van der Waals surface area contributed by atoms with Gasteiger partial charge in [0.2, 0.25) is 5.91 Å². The van der Waals surface area contributed by atoms with Crippen LogP contribution in [0, 0.1) is 5.41 Å². The number of nitrogens with zero attached hydrogens (tertiary/aromatic N) is 2. The maximum absolute atomic E-state index is 12.6. The zero-order chi connectivity index (χ0) is 14.8. The largest absolute Gasteiger partial charge is 0.409 e. The van der Waals surface area contributed by atoms with E-state index in [0.29, 0.717) is 19.4 Å². The summed E-state index contributed by atoms with van der Waals surface area (Å²) in [4.78, 5) is 14.8. The highest BCUT2D eigenvalue weighted by Crippen LogP contribution is 2.40. The Labute approximate surface area is 120 Å². The second kappa shape index (κ2) is 5.60. The van der Waals surface area contributed by atoms with Crippen LogP contribution in [-0.4, -0.2) is 48.0 Å². The van der Waals surface area contributed by atoms with E-state index in [0.717, 1.165) is 25.7 Å². The van der Waals surface area contributed by atoms with E-state index < -0.39 is 5.41 Å². The van der Waals surface area contributed by atoms with Crippen LogP contribution < -0.4 is 11.1 Å². The summed E-state index contributed by atoms with van der Waals surface area (Å²) in [5, 5.41) is 15.1. The fourth-order valence-electron chi connectivity index (χ4n) is 3.45. The fourth-order valence-corrected chi connectivity index (χ4v) is 3.45. The van der Waals surface area contributed by atoms with E-state index in [4.69, 9.17) is 10.9 Å². The number of carbonyl (C=O) groups is 1. The molecule has 0 spiro atoms. The van der Waals surface area contributed by atoms with Crippen molar-refractivity contribution in [1.29, 1.82) is 0 Å². The van der Waals surface area contributed by atoms with Crippen molar-refractivity contribution in [3.05, 3.63) is 0 Å². The minimum Gasteiger partial charge on any atom is -0.409 e. The lowest BCUT2D eigenvalue weighted by Gasteiger charge is -2.47. The molecule has 0 unspecified atom stereocenters. The van der Waals surface area contributed by atoms with E-state index in [-0.39, 0.29) is 17.3 Å². The molecule has 20 heavy (non-hydrogen) atoms. The Hall–Kier alpha value is -1.30. The highest BCUT2D eigenvalue weighted by atomic mass is 16.4. The highest BCUT2D eigenvalue weighted by Gasteiger charge is 2.47. The smallest absolute Gasteiger partial charge is 0.234 e. The Morgan fingerprint density at radius 3 is 2.25 bits per heavy atom. The number of hydrogen-bond acceptors (Lipinski definition) is 4. The zero-order valence-corrected chi connectivity index (χ0v) is 12.5. The van der Waals surface area contributed by atoms with Gasteiger partial charge in [-0.1, -0.05) is 18.0 Å². The maximum atomic E-state index is 12.6. The number of nitrogens with two attached hydrogens (primary N) is 1. The normalized spacial score (nSPS) is 24.4. The molecule has 0 atom stereocenters. The summed E-state index contributed by atoms with van der Waals surface area (Å²) >= 11 is 0. The van der Waals surface area contributed by atoms with E-state index >= 15 is 0 Å². The Morgan fingerprint density at radius 1 is 1.25 bits per heavy atom. The van der Waals surface area contributed by atoms with Crippen LogP contribution in [0.15, 0.2) is 5.16 Å². The molecular weight excluding hydrogens is 256 g/mol. The third-order valence-electron chi connectivity index (χ3n) is 5.30. The van der Waals surface area contributed by atoms with E-state index in [2.05, 4.69) is 29.5 Å². The second-order valence-corrected chi connectivity index (χ2v) is 6.43. The highest BCUT2D eigenvalue weighted by molar-refractivity contribution is 6.07. The van der Waals surface area contributed by atoms with Crippen molar-refractivity contribution in [2.45, 2.75) is 50.5 Å². The fraction of sp³-hybridized carbons (Fsp3) is 0.857. The van der Waals surface area contributed by atoms with Crippen molar-refractivity contribution in [1.82, 2.24) is 10.2 Å². The lowest BCUT2D eigenvalue weighted by Crippen LogP contribution is -2.59. The summed E-state index contributed by atoms with van der Waals surface area (Å²) < 4.78 is 0. The summed E-state index contributed by atoms with van der Waals surface area (Å²) in [6.07, 6.45) is 6.66. The van der Waals surface area contributed by atoms with Crippen molar-refractivity contribution in [2.75, 3.05) is 20.6 Å². The van der Waals surface area contributed by atoms with Gasteiger partial charge in [-0.05, 0) is 46.2 Å². The standard InChI is InChI=1S/C14H26N4O2/c1-18(2)13(6-5-7-13)10-16-12(19)14(11(15)17-20)8-3-4-9-14/h20H,3-10H2,1-2H3,(H2,15,17)(H,16,19). The van der Waals surface area contributed by atoms with Crippen LogP contribution in [0.25, 0.3) is 0 Å². The average Bonchev–Trinajstić information content (AvgIpc) is 2.86. The minimum atomic E-state index is -0.800. The summed E-state index contributed by atoms with van der Waals surface area (Å²) in [5.74, 6) is -0.0292. The van der Waals surface area contributed by atoms with Crippen molar-refractivity contribution < 1.29 is 10.0 Å². The van der Waals surface area contributed by atoms with Gasteiger partial charge in [-0.3, -0.25) is 4.79 Å². The van der Waals surface area contributed by atoms with E-state index in [9.17, 15) is 4.79 Å². The Morgan fingerprint density at radius 2 is 1.85 bits per heavy atom. The van der Waals surface area contributed by atoms with Crippen molar-refractivity contribution >= 4 is 11.7 Å². The van der Waals surface area contributed by atoms with Crippen LogP contribution in [0.1, 0.15) is 44.9 Å². The maximum Gasteiger partial charge on any atom is 0.234 e. The van der Waals surface area contributed by atoms with Crippen molar-refractivity contribution in [3.63, 3.8) is 0 Å². The van der Waals surface area contributed by atoms with Gasteiger partial charge in [-0.25, -0.2) is 0 Å². The first kappa shape index (κ1) is 15.1. The average molecular weight is 282 g/mol. The summed E-state index contributed by atoms with van der Waals surface area (Å²) in [6, 6.07) is 0.